The first-order chi connectivity index (χ1) is 3.13. The zero-order valence-electron chi connectivity index (χ0n) is 6.94. The Balaban J connectivity index is -0.0000000300. The van der Waals surface area contributed by atoms with Crippen LogP contribution in [-0.2, 0) is 4.31 Å². The van der Waals surface area contributed by atoms with Gasteiger partial charge in [-0.05, 0) is 0 Å². The smallest absolute Gasteiger partial charge is 0.820 e. The molecule has 0 aromatic heterocycles. The van der Waals surface area contributed by atoms with Crippen molar-refractivity contribution in [2.45, 2.75) is 0 Å². The van der Waals surface area contributed by atoms with Gasteiger partial charge in [-0.3, -0.25) is 0 Å². The van der Waals surface area contributed by atoms with E-state index < -0.39 is 17.2 Å². The van der Waals surface area contributed by atoms with E-state index in [4.69, 9.17) is 0 Å². The third-order valence-corrected chi connectivity index (χ3v) is 1.20. The molecule has 0 heterocycles. The summed E-state index contributed by atoms with van der Waals surface area (Å²) in [6.07, 6.45) is 0. The molecule has 0 aromatic rings. The molecule has 0 aromatic carbocycles. The Morgan fingerprint density at radius 2 is 0.818 bits per heavy atom. The minimum atomic E-state index is -3.24. The summed E-state index contributed by atoms with van der Waals surface area (Å²) in [5.74, 6) is 0. The molecule has 0 unspecified atom stereocenters. The van der Waals surface area contributed by atoms with Gasteiger partial charge < -0.3 is 23.9 Å². The summed E-state index contributed by atoms with van der Waals surface area (Å²) in [6, 6.07) is 0. The van der Waals surface area contributed by atoms with Gasteiger partial charge >= 0.3 is 206 Å². The van der Waals surface area contributed by atoms with E-state index in [-0.39, 0.29) is 206 Å². The first-order valence-corrected chi connectivity index (χ1v) is 3.29. The van der Waals surface area contributed by atoms with E-state index in [2.05, 4.69) is 4.31 Å². The second-order valence-corrected chi connectivity index (χ2v) is 2.08. The third-order valence-electron chi connectivity index (χ3n) is 0.133. The van der Waals surface area contributed by atoms with Gasteiger partial charge in [0.25, 0.3) is 0 Å². The molecule has 0 atom stereocenters. The molecule has 0 N–H and O–H groups in total. The summed E-state index contributed by atoms with van der Waals surface area (Å²) >= 11 is 0. The molecule has 5 nitrogen and oxygen atoms in total. The van der Waals surface area contributed by atoms with Crippen molar-refractivity contribution in [3.63, 3.8) is 0 Å². The van der Waals surface area contributed by atoms with Crippen LogP contribution in [0.5, 0.6) is 0 Å². The van der Waals surface area contributed by atoms with Crippen molar-refractivity contribution in [3.8, 4) is 0 Å². The van der Waals surface area contributed by atoms with E-state index in [9.17, 15) is 19.6 Å². The van der Waals surface area contributed by atoms with Crippen molar-refractivity contribution in [2.75, 3.05) is 0 Å². The van der Waals surface area contributed by atoms with Crippen molar-refractivity contribution >= 4 is 17.2 Å². The van der Waals surface area contributed by atoms with Crippen molar-refractivity contribution in [1.29, 1.82) is 0 Å². The van der Waals surface area contributed by atoms with Crippen molar-refractivity contribution < 1.29 is 229 Å². The minimum Gasteiger partial charge on any atom is -0.820 e. The van der Waals surface area contributed by atoms with Crippen LogP contribution in [0.4, 0.5) is 0 Å². The maximum atomic E-state index is 9.24. The molecule has 0 rings (SSSR count). The van der Waals surface area contributed by atoms with Crippen LogP contribution >= 0.6 is 17.2 Å². The molecule has 0 aliphatic heterocycles. The Kier molecular flexibility index (Phi) is 62.9. The van der Waals surface area contributed by atoms with E-state index in [1.165, 1.54) is 0 Å². The maximum Gasteiger partial charge on any atom is 1.00 e. The van der Waals surface area contributed by atoms with Crippen LogP contribution in [0.1, 0.15) is 0 Å². The fourth-order valence-corrected chi connectivity index (χ4v) is 0.490. The Bertz CT molecular complexity index is 45.7. The third kappa shape index (κ3) is 31.7. The quantitative estimate of drug-likeness (QED) is 0.372. The molecule has 0 spiro atoms. The van der Waals surface area contributed by atoms with Crippen molar-refractivity contribution in [1.82, 2.24) is 0 Å². The van der Waals surface area contributed by atoms with Crippen LogP contribution in [0.15, 0.2) is 0 Å². The van der Waals surface area contributed by atoms with Crippen LogP contribution in [0.3, 0.4) is 0 Å². The molecule has 0 fully saturated rings. The molecular formula is K4O5P2. The normalized spacial score (nSPS) is 7.09. The first kappa shape index (κ1) is 30.9. The fourth-order valence-electron chi connectivity index (χ4n) is 0.0544. The van der Waals surface area contributed by atoms with Crippen molar-refractivity contribution in [3.05, 3.63) is 0 Å². The molecule has 44 valence electrons. The van der Waals surface area contributed by atoms with Crippen LogP contribution < -0.4 is 225 Å². The molecule has 11 heavy (non-hydrogen) atoms. The van der Waals surface area contributed by atoms with Crippen LogP contribution in [0, 0.1) is 0 Å². The molecule has 0 radical (unpaired) electrons. The van der Waals surface area contributed by atoms with Crippen LogP contribution in [0.2, 0.25) is 0 Å². The van der Waals surface area contributed by atoms with Crippen LogP contribution in [-0.4, -0.2) is 0 Å². The average Bonchev–Trinajstić information content (AvgIpc) is 1.27. The first-order valence-electron chi connectivity index (χ1n) is 1.10. The summed E-state index contributed by atoms with van der Waals surface area (Å²) in [6.45, 7) is 0. The van der Waals surface area contributed by atoms with Crippen LogP contribution in [0.25, 0.3) is 0 Å². The SMILES string of the molecule is [K+].[K+].[K+].[K+].[O-]P([O-])OP([O-])[O-]. The monoisotopic (exact) mass is 298 g/mol. The Hall–Kier alpha value is 7.21. The van der Waals surface area contributed by atoms with E-state index in [0.717, 1.165) is 0 Å². The van der Waals surface area contributed by atoms with Gasteiger partial charge in [0.15, 0.2) is 0 Å². The largest absolute Gasteiger partial charge is 1.00 e. The predicted octanol–water partition coefficient (Wildman–Crippen LogP) is -15.1. The molecule has 0 aliphatic carbocycles. The summed E-state index contributed by atoms with van der Waals surface area (Å²) in [7, 11) is -6.47. The van der Waals surface area contributed by atoms with Gasteiger partial charge in [-0.1, -0.05) is 0 Å². The summed E-state index contributed by atoms with van der Waals surface area (Å²) in [5, 5.41) is 0. The van der Waals surface area contributed by atoms with Gasteiger partial charge in [0.2, 0.25) is 0 Å². The maximum absolute atomic E-state index is 9.24. The van der Waals surface area contributed by atoms with Gasteiger partial charge in [-0.2, -0.15) is 17.2 Å². The molecule has 0 aliphatic rings. The van der Waals surface area contributed by atoms with Crippen molar-refractivity contribution in [2.24, 2.45) is 0 Å². The van der Waals surface area contributed by atoms with Gasteiger partial charge in [0.1, 0.15) is 0 Å². The van der Waals surface area contributed by atoms with Gasteiger partial charge in [-0.15, -0.1) is 0 Å². The molecular weight excluding hydrogens is 298 g/mol. The van der Waals surface area contributed by atoms with E-state index >= 15 is 0 Å². The van der Waals surface area contributed by atoms with E-state index in [0.29, 0.717) is 0 Å². The summed E-state index contributed by atoms with van der Waals surface area (Å²) in [5.41, 5.74) is 0. The Labute approximate surface area is 238 Å². The Morgan fingerprint density at radius 1 is 0.636 bits per heavy atom. The predicted molar refractivity (Wildman–Crippen MR) is 14.9 cm³/mol. The second-order valence-electron chi connectivity index (χ2n) is 0.529. The number of hydrogen-bond acceptors (Lipinski definition) is 5. The molecule has 0 bridgehead atoms. The fraction of sp³-hybridized carbons (Fsp3) is 0. The van der Waals surface area contributed by atoms with Gasteiger partial charge in [0, 0.05) is 0 Å². The molecule has 11 heteroatoms. The molecule has 0 saturated carbocycles. The molecule has 0 saturated heterocycles. The molecule has 0 amide bonds. The standard InChI is InChI=1S/4K.O5P2/c;;;;1-6(2)5-7(3)4/q4*+1;-4. The topological polar surface area (TPSA) is 101 Å². The zero-order valence-corrected chi connectivity index (χ0v) is 21.2. The van der Waals surface area contributed by atoms with E-state index in [1.807, 2.05) is 0 Å². The average molecular weight is 298 g/mol. The number of rotatable bonds is 2. The summed E-state index contributed by atoms with van der Waals surface area (Å²) in [4.78, 5) is 37.0. The van der Waals surface area contributed by atoms with E-state index in [1.54, 1.807) is 0 Å². The minimum absolute atomic E-state index is 0. The van der Waals surface area contributed by atoms with Gasteiger partial charge in [0.05, 0.1) is 0 Å². The van der Waals surface area contributed by atoms with Gasteiger partial charge in [-0.25, -0.2) is 0 Å². The Morgan fingerprint density at radius 3 is 0.818 bits per heavy atom. The summed E-state index contributed by atoms with van der Waals surface area (Å²) < 4.78 is 3.16. The number of hydrogen-bond donors (Lipinski definition) is 0. The second kappa shape index (κ2) is 22.4. The zero-order chi connectivity index (χ0) is 5.86.